The van der Waals surface area contributed by atoms with Gasteiger partial charge in [-0.2, -0.15) is 0 Å². The lowest BCUT2D eigenvalue weighted by Gasteiger charge is -2.17. The highest BCUT2D eigenvalue weighted by Crippen LogP contribution is 2.23. The molecule has 1 aromatic rings. The summed E-state index contributed by atoms with van der Waals surface area (Å²) >= 11 is 4.98. The highest BCUT2D eigenvalue weighted by Gasteiger charge is 2.15. The molecule has 0 heterocycles. The van der Waals surface area contributed by atoms with E-state index in [4.69, 9.17) is 12.2 Å². The van der Waals surface area contributed by atoms with E-state index < -0.39 is 0 Å². The predicted molar refractivity (Wildman–Crippen MR) is 77.1 cm³/mol. The van der Waals surface area contributed by atoms with Crippen LogP contribution < -0.4 is 10.7 Å². The molecule has 96 valence electrons. The lowest BCUT2D eigenvalue weighted by atomic mass is 9.89. The highest BCUT2D eigenvalue weighted by atomic mass is 32.1. The molecule has 0 bridgehead atoms. The van der Waals surface area contributed by atoms with Gasteiger partial charge in [0.2, 0.25) is 5.43 Å². The lowest BCUT2D eigenvalue weighted by Crippen LogP contribution is -2.20. The normalized spacial score (nSPS) is 12.0. The fraction of sp³-hybridized carbons (Fsp3) is 0.714. The monoisotopic (exact) mass is 253 g/mol. The standard InChI is InChI=1S/C14H23NOS/c1-14(2,3)9-7-5-6-8-10-11(15-4)13(17)12(10)16/h15H,5-9H2,1-4H3. The van der Waals surface area contributed by atoms with E-state index in [0.29, 0.717) is 9.93 Å². The molecule has 0 unspecified atom stereocenters. The molecule has 0 atom stereocenters. The number of nitrogens with one attached hydrogen (secondary N) is 1. The van der Waals surface area contributed by atoms with Crippen molar-refractivity contribution in [3.63, 3.8) is 0 Å². The molecule has 0 spiro atoms. The second-order valence-corrected chi connectivity index (χ2v) is 6.29. The molecule has 0 aromatic heterocycles. The van der Waals surface area contributed by atoms with Crippen LogP contribution in [-0.2, 0) is 6.42 Å². The molecule has 3 heteroatoms. The van der Waals surface area contributed by atoms with Gasteiger partial charge in [0.15, 0.2) is 0 Å². The third kappa shape index (κ3) is 3.91. The number of anilines is 1. The molecule has 1 aromatic carbocycles. The van der Waals surface area contributed by atoms with Crippen molar-refractivity contribution in [1.29, 1.82) is 0 Å². The average molecular weight is 253 g/mol. The first kappa shape index (κ1) is 14.4. The zero-order valence-corrected chi connectivity index (χ0v) is 12.2. The first-order valence-electron chi connectivity index (χ1n) is 6.37. The Morgan fingerprint density at radius 2 is 1.82 bits per heavy atom. The van der Waals surface area contributed by atoms with Crippen LogP contribution in [0.2, 0.25) is 0 Å². The molecule has 0 saturated heterocycles. The average Bonchev–Trinajstić information content (AvgIpc) is 2.24. The van der Waals surface area contributed by atoms with Gasteiger partial charge in [-0.3, -0.25) is 4.79 Å². The molecule has 17 heavy (non-hydrogen) atoms. The van der Waals surface area contributed by atoms with Crippen molar-refractivity contribution >= 4 is 17.9 Å². The lowest BCUT2D eigenvalue weighted by molar-refractivity contribution is 0.358. The molecule has 1 N–H and O–H groups in total. The Bertz CT molecular complexity index is 436. The molecule has 1 rings (SSSR count). The van der Waals surface area contributed by atoms with E-state index in [-0.39, 0.29) is 5.43 Å². The molecule has 2 nitrogen and oxygen atoms in total. The van der Waals surface area contributed by atoms with Crippen LogP contribution in [0.5, 0.6) is 0 Å². The summed E-state index contributed by atoms with van der Waals surface area (Å²) in [5, 5.41) is 3.01. The van der Waals surface area contributed by atoms with E-state index in [1.54, 1.807) is 0 Å². The van der Waals surface area contributed by atoms with Crippen molar-refractivity contribution in [2.45, 2.75) is 52.9 Å². The van der Waals surface area contributed by atoms with Gasteiger partial charge in [0.1, 0.15) is 4.51 Å². The first-order valence-corrected chi connectivity index (χ1v) is 6.77. The van der Waals surface area contributed by atoms with Crippen LogP contribution in [0.1, 0.15) is 52.0 Å². The molecule has 0 saturated carbocycles. The predicted octanol–water partition coefficient (Wildman–Crippen LogP) is 3.84. The van der Waals surface area contributed by atoms with Crippen LogP contribution in [0, 0.1) is 9.93 Å². The summed E-state index contributed by atoms with van der Waals surface area (Å²) in [6, 6.07) is 0. The smallest absolute Gasteiger partial charge is 0.204 e. The zero-order valence-electron chi connectivity index (χ0n) is 11.4. The highest BCUT2D eigenvalue weighted by molar-refractivity contribution is 7.71. The third-order valence-corrected chi connectivity index (χ3v) is 3.50. The summed E-state index contributed by atoms with van der Waals surface area (Å²) in [4.78, 5) is 11.5. The Hall–Kier alpha value is -0.700. The Balaban J connectivity index is 2.30. The van der Waals surface area contributed by atoms with Gasteiger partial charge in [0.05, 0.1) is 5.69 Å². The Morgan fingerprint density at radius 3 is 2.35 bits per heavy atom. The summed E-state index contributed by atoms with van der Waals surface area (Å²) < 4.78 is 0.484. The van der Waals surface area contributed by atoms with Crippen LogP contribution in [-0.4, -0.2) is 7.05 Å². The summed E-state index contributed by atoms with van der Waals surface area (Å²) in [7, 11) is 1.83. The number of hydrogen-bond donors (Lipinski definition) is 1. The number of unbranched alkanes of at least 4 members (excludes halogenated alkanes) is 2. The Kier molecular flexibility index (Phi) is 4.87. The fourth-order valence-corrected chi connectivity index (χ4v) is 2.42. The minimum absolute atomic E-state index is 0.0835. The molecule has 0 aliphatic rings. The van der Waals surface area contributed by atoms with E-state index in [1.165, 1.54) is 19.3 Å². The fourth-order valence-electron chi connectivity index (χ4n) is 2.08. The van der Waals surface area contributed by atoms with E-state index in [0.717, 1.165) is 24.1 Å². The maximum atomic E-state index is 11.5. The van der Waals surface area contributed by atoms with Crippen LogP contribution in [0.15, 0.2) is 4.79 Å². The van der Waals surface area contributed by atoms with Gasteiger partial charge in [0, 0.05) is 12.6 Å². The van der Waals surface area contributed by atoms with Crippen molar-refractivity contribution in [2.75, 3.05) is 12.4 Å². The molecule has 0 fully saturated rings. The second-order valence-electron chi connectivity index (χ2n) is 5.88. The summed E-state index contributed by atoms with van der Waals surface area (Å²) in [6.45, 7) is 6.80. The van der Waals surface area contributed by atoms with Crippen LogP contribution >= 0.6 is 12.2 Å². The molecular formula is C14H23NOS. The van der Waals surface area contributed by atoms with Gasteiger partial charge in [0.25, 0.3) is 0 Å². The summed E-state index contributed by atoms with van der Waals surface area (Å²) in [5.74, 6) is 0. The topological polar surface area (TPSA) is 29.1 Å². The molecular weight excluding hydrogens is 230 g/mol. The van der Waals surface area contributed by atoms with Gasteiger partial charge in [-0.05, 0) is 24.7 Å². The second kappa shape index (κ2) is 5.76. The number of hydrogen-bond acceptors (Lipinski definition) is 3. The zero-order chi connectivity index (χ0) is 13.1. The van der Waals surface area contributed by atoms with Gasteiger partial charge < -0.3 is 5.32 Å². The maximum absolute atomic E-state index is 11.5. The van der Waals surface area contributed by atoms with Gasteiger partial charge in [-0.15, -0.1) is 0 Å². The van der Waals surface area contributed by atoms with Gasteiger partial charge >= 0.3 is 0 Å². The quantitative estimate of drug-likeness (QED) is 0.617. The van der Waals surface area contributed by atoms with E-state index in [9.17, 15) is 4.79 Å². The van der Waals surface area contributed by atoms with Crippen LogP contribution in [0.3, 0.4) is 0 Å². The van der Waals surface area contributed by atoms with E-state index >= 15 is 0 Å². The maximum Gasteiger partial charge on any atom is 0.204 e. The Labute approximate surface area is 109 Å². The molecule has 0 aliphatic heterocycles. The minimum Gasteiger partial charge on any atom is -0.387 e. The molecule has 0 radical (unpaired) electrons. The third-order valence-electron chi connectivity index (χ3n) is 3.11. The largest absolute Gasteiger partial charge is 0.387 e. The van der Waals surface area contributed by atoms with E-state index in [1.807, 2.05) is 7.05 Å². The summed E-state index contributed by atoms with van der Waals surface area (Å²) in [6.07, 6.45) is 5.64. The SMILES string of the molecule is CNc1c(CCCCCC(C)(C)C)c(=O)c1=S. The summed E-state index contributed by atoms with van der Waals surface area (Å²) in [5.41, 5.74) is 2.32. The number of rotatable bonds is 6. The molecule has 0 amide bonds. The van der Waals surface area contributed by atoms with Crippen molar-refractivity contribution in [2.24, 2.45) is 5.41 Å². The van der Waals surface area contributed by atoms with Gasteiger partial charge in [-0.25, -0.2) is 0 Å². The van der Waals surface area contributed by atoms with Crippen molar-refractivity contribution < 1.29 is 0 Å². The van der Waals surface area contributed by atoms with Crippen LogP contribution in [0.25, 0.3) is 0 Å². The van der Waals surface area contributed by atoms with Gasteiger partial charge in [-0.1, -0.05) is 45.8 Å². The van der Waals surface area contributed by atoms with Crippen molar-refractivity contribution in [3.8, 4) is 0 Å². The van der Waals surface area contributed by atoms with E-state index in [2.05, 4.69) is 26.1 Å². The minimum atomic E-state index is 0.0835. The van der Waals surface area contributed by atoms with Crippen molar-refractivity contribution in [3.05, 3.63) is 20.3 Å². The first-order chi connectivity index (χ1) is 7.87. The Morgan fingerprint density at radius 1 is 1.18 bits per heavy atom. The van der Waals surface area contributed by atoms with Crippen molar-refractivity contribution in [1.82, 2.24) is 0 Å². The van der Waals surface area contributed by atoms with Crippen LogP contribution in [0.4, 0.5) is 5.69 Å². The molecule has 0 aliphatic carbocycles.